The second-order valence-electron chi connectivity index (χ2n) is 3.72. The smallest absolute Gasteiger partial charge is 0.166 e. The summed E-state index contributed by atoms with van der Waals surface area (Å²) in [6.45, 7) is 0. The zero-order valence-corrected chi connectivity index (χ0v) is 8.96. The first-order valence-corrected chi connectivity index (χ1v) is 5.18. The predicted octanol–water partition coefficient (Wildman–Crippen LogP) is 4.10. The highest BCUT2D eigenvalue weighted by Crippen LogP contribution is 2.32. The van der Waals surface area contributed by atoms with Crippen LogP contribution in [0.2, 0.25) is 0 Å². The molecular weight excluding hydrogens is 225 g/mol. The number of rotatable bonds is 2. The summed E-state index contributed by atoms with van der Waals surface area (Å²) in [5.41, 5.74) is 0.462. The monoisotopic (exact) mass is 235 g/mol. The van der Waals surface area contributed by atoms with Crippen LogP contribution >= 0.6 is 0 Å². The van der Waals surface area contributed by atoms with E-state index in [0.29, 0.717) is 0 Å². The zero-order valence-electron chi connectivity index (χ0n) is 8.96. The van der Waals surface area contributed by atoms with Crippen molar-refractivity contribution in [1.29, 1.82) is 0 Å². The van der Waals surface area contributed by atoms with Crippen molar-refractivity contribution in [1.82, 2.24) is 0 Å². The van der Waals surface area contributed by atoms with Crippen molar-refractivity contribution in [2.45, 2.75) is 12.6 Å². The lowest BCUT2D eigenvalue weighted by Gasteiger charge is -2.12. The van der Waals surface area contributed by atoms with E-state index in [4.69, 9.17) is 0 Å². The third-order valence-corrected chi connectivity index (χ3v) is 2.48. The molecule has 0 fully saturated rings. The minimum atomic E-state index is -4.30. The molecule has 87 valence electrons. The van der Waals surface area contributed by atoms with E-state index >= 15 is 0 Å². The Morgan fingerprint density at radius 1 is 0.941 bits per heavy atom. The van der Waals surface area contributed by atoms with Crippen LogP contribution in [-0.4, -0.2) is 0 Å². The quantitative estimate of drug-likeness (QED) is 0.735. The van der Waals surface area contributed by atoms with Gasteiger partial charge in [-0.2, -0.15) is 13.2 Å². The van der Waals surface area contributed by atoms with Crippen LogP contribution in [0.15, 0.2) is 48.5 Å². The Labute approximate surface area is 97.7 Å². The maximum absolute atomic E-state index is 12.7. The second kappa shape index (κ2) is 4.62. The van der Waals surface area contributed by atoms with E-state index in [-0.39, 0.29) is 12.0 Å². The van der Waals surface area contributed by atoms with Gasteiger partial charge in [-0.1, -0.05) is 42.5 Å². The third-order valence-electron chi connectivity index (χ3n) is 2.48. The molecule has 0 unspecified atom stereocenters. The highest BCUT2D eigenvalue weighted by Gasteiger charge is 2.32. The molecule has 2 aromatic rings. The van der Waals surface area contributed by atoms with Gasteiger partial charge in [0.1, 0.15) is 0 Å². The summed E-state index contributed by atoms with van der Waals surface area (Å²) in [6, 6.07) is 15.6. The molecule has 0 saturated heterocycles. The van der Waals surface area contributed by atoms with E-state index in [1.807, 2.05) is 0 Å². The minimum absolute atomic E-state index is 0.247. The van der Waals surface area contributed by atoms with Gasteiger partial charge < -0.3 is 0 Å². The molecule has 0 aliphatic carbocycles. The maximum atomic E-state index is 12.7. The Morgan fingerprint density at radius 2 is 1.65 bits per heavy atom. The molecule has 0 aromatic heterocycles. The zero-order chi connectivity index (χ0) is 12.3. The van der Waals surface area contributed by atoms with Crippen molar-refractivity contribution in [3.05, 3.63) is 71.3 Å². The predicted molar refractivity (Wildman–Crippen MR) is 59.5 cm³/mol. The summed E-state index contributed by atoms with van der Waals surface area (Å²) in [5, 5.41) is 0. The van der Waals surface area contributed by atoms with Crippen LogP contribution in [0.5, 0.6) is 0 Å². The van der Waals surface area contributed by atoms with Crippen molar-refractivity contribution in [2.24, 2.45) is 0 Å². The molecule has 0 aliphatic heterocycles. The molecule has 17 heavy (non-hydrogen) atoms. The Morgan fingerprint density at radius 3 is 2.29 bits per heavy atom. The average Bonchev–Trinajstić information content (AvgIpc) is 2.30. The van der Waals surface area contributed by atoms with Crippen LogP contribution in [0.4, 0.5) is 13.2 Å². The molecule has 0 atom stereocenters. The summed E-state index contributed by atoms with van der Waals surface area (Å²) in [7, 11) is 0. The fourth-order valence-electron chi connectivity index (χ4n) is 1.70. The topological polar surface area (TPSA) is 0 Å². The molecule has 0 heterocycles. The molecule has 0 aliphatic rings. The van der Waals surface area contributed by atoms with E-state index in [1.165, 1.54) is 12.1 Å². The largest absolute Gasteiger partial charge is 0.416 e. The fraction of sp³-hybridized carbons (Fsp3) is 0.143. The van der Waals surface area contributed by atoms with Crippen molar-refractivity contribution < 1.29 is 13.2 Å². The van der Waals surface area contributed by atoms with Crippen LogP contribution in [0.25, 0.3) is 0 Å². The van der Waals surface area contributed by atoms with Gasteiger partial charge in [-0.05, 0) is 29.7 Å². The molecule has 1 radical (unpaired) electrons. The van der Waals surface area contributed by atoms with E-state index < -0.39 is 11.7 Å². The van der Waals surface area contributed by atoms with Crippen LogP contribution < -0.4 is 0 Å². The molecule has 0 amide bonds. The number of halogens is 3. The van der Waals surface area contributed by atoms with E-state index in [1.54, 1.807) is 30.3 Å². The molecule has 0 spiro atoms. The third kappa shape index (κ3) is 2.87. The van der Waals surface area contributed by atoms with Gasteiger partial charge in [0, 0.05) is 0 Å². The lowest BCUT2D eigenvalue weighted by atomic mass is 9.99. The highest BCUT2D eigenvalue weighted by atomic mass is 19.4. The van der Waals surface area contributed by atoms with Gasteiger partial charge in [-0.15, -0.1) is 0 Å². The van der Waals surface area contributed by atoms with Crippen molar-refractivity contribution in [2.75, 3.05) is 0 Å². The van der Waals surface area contributed by atoms with Gasteiger partial charge in [0.2, 0.25) is 0 Å². The van der Waals surface area contributed by atoms with Gasteiger partial charge in [-0.3, -0.25) is 0 Å². The van der Waals surface area contributed by atoms with Gasteiger partial charge in [0.05, 0.1) is 5.56 Å². The number of benzene rings is 2. The number of alkyl halides is 3. The van der Waals surface area contributed by atoms with Gasteiger partial charge >= 0.3 is 6.18 Å². The Kier molecular flexibility index (Phi) is 3.18. The van der Waals surface area contributed by atoms with Gasteiger partial charge in [-0.25, -0.2) is 0 Å². The average molecular weight is 235 g/mol. The molecular formula is C14H10F3. The fourth-order valence-corrected chi connectivity index (χ4v) is 1.70. The Bertz CT molecular complexity index is 486. The van der Waals surface area contributed by atoms with Gasteiger partial charge in [0.25, 0.3) is 0 Å². The first kappa shape index (κ1) is 11.7. The summed E-state index contributed by atoms with van der Waals surface area (Å²) < 4.78 is 38.2. The van der Waals surface area contributed by atoms with E-state index in [9.17, 15) is 13.2 Å². The molecule has 0 saturated carbocycles. The van der Waals surface area contributed by atoms with Crippen molar-refractivity contribution in [3.8, 4) is 0 Å². The SMILES string of the molecule is FC(F)(F)c1ccccc1Cc1[c]cccc1. The minimum Gasteiger partial charge on any atom is -0.166 e. The van der Waals surface area contributed by atoms with E-state index in [2.05, 4.69) is 6.07 Å². The summed E-state index contributed by atoms with van der Waals surface area (Å²) in [6.07, 6.45) is -4.05. The molecule has 0 N–H and O–H groups in total. The molecule has 2 rings (SSSR count). The number of hydrogen-bond donors (Lipinski definition) is 0. The molecule has 2 aromatic carbocycles. The number of hydrogen-bond acceptors (Lipinski definition) is 0. The summed E-state index contributed by atoms with van der Waals surface area (Å²) >= 11 is 0. The van der Waals surface area contributed by atoms with E-state index in [0.717, 1.165) is 11.6 Å². The molecule has 0 nitrogen and oxygen atoms in total. The first-order chi connectivity index (χ1) is 8.07. The normalized spacial score (nSPS) is 11.5. The van der Waals surface area contributed by atoms with Crippen molar-refractivity contribution >= 4 is 0 Å². The molecule has 3 heteroatoms. The summed E-state index contributed by atoms with van der Waals surface area (Å²) in [4.78, 5) is 0. The first-order valence-electron chi connectivity index (χ1n) is 5.18. The Balaban J connectivity index is 2.34. The van der Waals surface area contributed by atoms with Gasteiger partial charge in [0.15, 0.2) is 0 Å². The molecule has 0 bridgehead atoms. The van der Waals surface area contributed by atoms with Crippen LogP contribution in [0, 0.1) is 6.07 Å². The van der Waals surface area contributed by atoms with Crippen LogP contribution in [0.1, 0.15) is 16.7 Å². The van der Waals surface area contributed by atoms with Crippen molar-refractivity contribution in [3.63, 3.8) is 0 Å². The standard InChI is InChI=1S/C14H10F3/c15-14(16,17)13-9-5-4-8-12(13)10-11-6-2-1-3-7-11/h1-6,8-9H,10H2. The van der Waals surface area contributed by atoms with Crippen LogP contribution in [-0.2, 0) is 12.6 Å². The summed E-state index contributed by atoms with van der Waals surface area (Å²) in [5.74, 6) is 0. The Hall–Kier alpha value is -1.77. The maximum Gasteiger partial charge on any atom is 0.416 e. The second-order valence-corrected chi connectivity index (χ2v) is 3.72. The lowest BCUT2D eigenvalue weighted by molar-refractivity contribution is -0.138. The van der Waals surface area contributed by atoms with Crippen LogP contribution in [0.3, 0.4) is 0 Å². The lowest BCUT2D eigenvalue weighted by Crippen LogP contribution is -2.09. The highest BCUT2D eigenvalue weighted by molar-refractivity contribution is 5.34.